The molecule has 0 aromatic heterocycles. The van der Waals surface area contributed by atoms with Gasteiger partial charge in [-0.2, -0.15) is 0 Å². The molecule has 2 unspecified atom stereocenters. The molecular weight excluding hydrogens is 287 g/mol. The average molecular weight is 312 g/mol. The molecule has 21 heavy (non-hydrogen) atoms. The van der Waals surface area contributed by atoms with Gasteiger partial charge in [0, 0.05) is 0 Å². The van der Waals surface area contributed by atoms with Crippen molar-refractivity contribution in [2.45, 2.75) is 51.9 Å². The van der Waals surface area contributed by atoms with Crippen molar-refractivity contribution in [1.29, 1.82) is 0 Å². The Morgan fingerprint density at radius 3 is 2.48 bits per heavy atom. The number of para-hydroxylation sites is 1. The summed E-state index contributed by atoms with van der Waals surface area (Å²) in [6.07, 6.45) is 3.59. The predicted molar refractivity (Wildman–Crippen MR) is 84.2 cm³/mol. The third-order valence-corrected chi connectivity index (χ3v) is 4.75. The summed E-state index contributed by atoms with van der Waals surface area (Å²) < 4.78 is 10.6. The molecular formula is C16H25O4P. The molecule has 1 aliphatic carbocycles. The van der Waals surface area contributed by atoms with Gasteiger partial charge >= 0.3 is 8.60 Å². The Balaban J connectivity index is 2.25. The zero-order valence-electron chi connectivity index (χ0n) is 13.0. The molecule has 1 aromatic carbocycles. The molecule has 0 bridgehead atoms. The van der Waals surface area contributed by atoms with Crippen molar-refractivity contribution in [2.75, 3.05) is 6.79 Å². The Bertz CT molecular complexity index is 460. The van der Waals surface area contributed by atoms with Crippen LogP contribution >= 0.6 is 8.60 Å². The Hall–Kier alpha value is -0.670. The van der Waals surface area contributed by atoms with E-state index in [0.29, 0.717) is 11.8 Å². The lowest BCUT2D eigenvalue weighted by Crippen LogP contribution is -2.08. The number of benzene rings is 1. The maximum absolute atomic E-state index is 8.85. The first kappa shape index (κ1) is 16.7. The van der Waals surface area contributed by atoms with Crippen molar-refractivity contribution < 1.29 is 19.0 Å². The Morgan fingerprint density at radius 2 is 1.90 bits per heavy atom. The van der Waals surface area contributed by atoms with E-state index in [-0.39, 0.29) is 6.79 Å². The minimum atomic E-state index is -2.38. The summed E-state index contributed by atoms with van der Waals surface area (Å²) in [5.74, 6) is 2.47. The predicted octanol–water partition coefficient (Wildman–Crippen LogP) is 4.28. The van der Waals surface area contributed by atoms with Crippen LogP contribution < -0.4 is 4.74 Å². The van der Waals surface area contributed by atoms with Crippen LogP contribution in [-0.4, -0.2) is 16.6 Å². The van der Waals surface area contributed by atoms with Crippen molar-refractivity contribution in [3.05, 3.63) is 29.3 Å². The summed E-state index contributed by atoms with van der Waals surface area (Å²) in [4.78, 5) is 17.7. The zero-order valence-corrected chi connectivity index (χ0v) is 13.8. The third-order valence-electron chi connectivity index (χ3n) is 4.41. The van der Waals surface area contributed by atoms with E-state index in [1.807, 2.05) is 0 Å². The van der Waals surface area contributed by atoms with Crippen LogP contribution in [0.15, 0.2) is 18.2 Å². The Kier molecular flexibility index (Phi) is 6.00. The smallest absolute Gasteiger partial charge is 0.330 e. The van der Waals surface area contributed by atoms with Gasteiger partial charge in [-0.1, -0.05) is 39.0 Å². The van der Waals surface area contributed by atoms with Gasteiger partial charge < -0.3 is 14.5 Å². The van der Waals surface area contributed by atoms with E-state index in [4.69, 9.17) is 19.0 Å². The molecule has 1 fully saturated rings. The topological polar surface area (TPSA) is 58.9 Å². The molecule has 1 saturated carbocycles. The molecule has 1 aromatic rings. The van der Waals surface area contributed by atoms with E-state index < -0.39 is 8.60 Å². The number of rotatable bonds is 8. The molecule has 0 aliphatic heterocycles. The first-order valence-corrected chi connectivity index (χ1v) is 8.77. The lowest BCUT2D eigenvalue weighted by Gasteiger charge is -2.22. The van der Waals surface area contributed by atoms with Gasteiger partial charge in [-0.25, -0.2) is 0 Å². The molecule has 2 N–H and O–H groups in total. The quantitative estimate of drug-likeness (QED) is 0.556. The van der Waals surface area contributed by atoms with Crippen molar-refractivity contribution in [3.63, 3.8) is 0 Å². The number of hydrogen-bond donors (Lipinski definition) is 2. The minimum Gasteiger partial charge on any atom is -0.466 e. The Morgan fingerprint density at radius 1 is 1.24 bits per heavy atom. The third kappa shape index (κ3) is 4.40. The maximum atomic E-state index is 8.85. The first-order valence-electron chi connectivity index (χ1n) is 7.61. The lowest BCUT2D eigenvalue weighted by atomic mass is 9.89. The van der Waals surface area contributed by atoms with Crippen LogP contribution in [0.2, 0.25) is 0 Å². The van der Waals surface area contributed by atoms with E-state index in [0.717, 1.165) is 18.1 Å². The van der Waals surface area contributed by atoms with E-state index in [9.17, 15) is 0 Å². The molecule has 1 aliphatic rings. The van der Waals surface area contributed by atoms with Crippen LogP contribution in [0.5, 0.6) is 5.75 Å². The molecule has 0 amide bonds. The van der Waals surface area contributed by atoms with E-state index in [1.165, 1.54) is 24.0 Å². The summed E-state index contributed by atoms with van der Waals surface area (Å²) in [6.45, 7) is 6.45. The highest BCUT2D eigenvalue weighted by Crippen LogP contribution is 2.46. The monoisotopic (exact) mass is 312 g/mol. The number of hydrogen-bond acceptors (Lipinski definition) is 4. The molecule has 0 radical (unpaired) electrons. The lowest BCUT2D eigenvalue weighted by molar-refractivity contribution is 0.102. The van der Waals surface area contributed by atoms with Gasteiger partial charge in [0.15, 0.2) is 6.79 Å². The van der Waals surface area contributed by atoms with Crippen molar-refractivity contribution in [2.24, 2.45) is 5.92 Å². The van der Waals surface area contributed by atoms with Crippen LogP contribution in [0.4, 0.5) is 0 Å². The van der Waals surface area contributed by atoms with Crippen molar-refractivity contribution in [1.82, 2.24) is 0 Å². The summed E-state index contributed by atoms with van der Waals surface area (Å²) >= 11 is 0. The zero-order chi connectivity index (χ0) is 15.4. The normalized spacial score (nSPS) is 17.8. The van der Waals surface area contributed by atoms with Gasteiger partial charge in [-0.3, -0.25) is 4.52 Å². The van der Waals surface area contributed by atoms with Crippen LogP contribution in [-0.2, 0) is 4.52 Å². The van der Waals surface area contributed by atoms with Gasteiger partial charge in [0.05, 0.1) is 0 Å². The van der Waals surface area contributed by atoms with Gasteiger partial charge in [0.1, 0.15) is 5.75 Å². The highest BCUT2D eigenvalue weighted by Gasteiger charge is 2.31. The summed E-state index contributed by atoms with van der Waals surface area (Å²) in [5, 5.41) is 0. The maximum Gasteiger partial charge on any atom is 0.330 e. The highest BCUT2D eigenvalue weighted by molar-refractivity contribution is 7.39. The second-order valence-electron chi connectivity index (χ2n) is 5.85. The van der Waals surface area contributed by atoms with Gasteiger partial charge in [0.2, 0.25) is 0 Å². The van der Waals surface area contributed by atoms with Gasteiger partial charge in [0.25, 0.3) is 0 Å². The van der Waals surface area contributed by atoms with Crippen molar-refractivity contribution in [3.8, 4) is 5.75 Å². The van der Waals surface area contributed by atoms with Gasteiger partial charge in [-0.05, 0) is 48.1 Å². The van der Waals surface area contributed by atoms with Crippen molar-refractivity contribution >= 4 is 8.60 Å². The Labute approximate surface area is 128 Å². The largest absolute Gasteiger partial charge is 0.466 e. The summed E-state index contributed by atoms with van der Waals surface area (Å²) in [5.41, 5.74) is 2.38. The van der Waals surface area contributed by atoms with Crippen LogP contribution in [0.1, 0.15) is 63.0 Å². The summed E-state index contributed by atoms with van der Waals surface area (Å²) in [7, 11) is -2.38. The molecule has 0 spiro atoms. The molecule has 2 atom stereocenters. The molecule has 0 saturated heterocycles. The van der Waals surface area contributed by atoms with E-state index >= 15 is 0 Å². The fraction of sp³-hybridized carbons (Fsp3) is 0.625. The van der Waals surface area contributed by atoms with Crippen LogP contribution in [0.3, 0.4) is 0 Å². The SMILES string of the molecule is CCC(C)c1cccc(C(C)C2CC2)c1OCOP(O)O. The first-order chi connectivity index (χ1) is 10.0. The molecule has 118 valence electrons. The van der Waals surface area contributed by atoms with E-state index in [1.54, 1.807) is 0 Å². The molecule has 0 heterocycles. The minimum absolute atomic E-state index is 0.128. The van der Waals surface area contributed by atoms with E-state index in [2.05, 4.69) is 39.0 Å². The van der Waals surface area contributed by atoms with Crippen LogP contribution in [0, 0.1) is 5.92 Å². The van der Waals surface area contributed by atoms with Gasteiger partial charge in [-0.15, -0.1) is 0 Å². The molecule has 5 heteroatoms. The second kappa shape index (κ2) is 7.55. The summed E-state index contributed by atoms with van der Waals surface area (Å²) in [6, 6.07) is 6.30. The molecule has 4 nitrogen and oxygen atoms in total. The van der Waals surface area contributed by atoms with Crippen LogP contribution in [0.25, 0.3) is 0 Å². The standard InChI is InChI=1S/C16H25O4P/c1-4-11(2)14-6-5-7-15(12(3)13-8-9-13)16(14)19-10-20-21(17)18/h5-7,11-13,17-18H,4,8-10H2,1-3H3. The second-order valence-corrected chi connectivity index (χ2v) is 6.61. The average Bonchev–Trinajstić information content (AvgIpc) is 3.30. The molecule has 2 rings (SSSR count). The fourth-order valence-corrected chi connectivity index (χ4v) is 2.84. The number of ether oxygens (including phenoxy) is 1. The highest BCUT2D eigenvalue weighted by atomic mass is 31.2. The fourth-order valence-electron chi connectivity index (χ4n) is 2.69.